The fourth-order valence-electron chi connectivity index (χ4n) is 1.95. The number of fused-ring (bicyclic) bond motifs is 1. The summed E-state index contributed by atoms with van der Waals surface area (Å²) >= 11 is 0. The van der Waals surface area contributed by atoms with Crippen LogP contribution in [0.3, 0.4) is 0 Å². The molecule has 0 saturated carbocycles. The van der Waals surface area contributed by atoms with Crippen LogP contribution in [0.25, 0.3) is 0 Å². The molecule has 2 N–H and O–H groups in total. The van der Waals surface area contributed by atoms with E-state index in [2.05, 4.69) is 5.32 Å². The molecular weight excluding hydrogens is 206 g/mol. The Bertz CT molecular complexity index is 379. The largest absolute Gasteiger partial charge is 0.454 e. The Morgan fingerprint density at radius 2 is 2.06 bits per heavy atom. The molecule has 0 radical (unpaired) electrons. The van der Waals surface area contributed by atoms with Gasteiger partial charge in [-0.05, 0) is 36.7 Å². The van der Waals surface area contributed by atoms with Crippen molar-refractivity contribution in [3.63, 3.8) is 0 Å². The Morgan fingerprint density at radius 1 is 1.38 bits per heavy atom. The molecule has 4 heteroatoms. The monoisotopic (exact) mass is 223 g/mol. The third-order valence-corrected chi connectivity index (χ3v) is 2.77. The van der Waals surface area contributed by atoms with E-state index in [1.54, 1.807) is 0 Å². The Hall–Kier alpha value is -1.26. The Labute approximate surface area is 95.2 Å². The van der Waals surface area contributed by atoms with Gasteiger partial charge in [0.1, 0.15) is 0 Å². The summed E-state index contributed by atoms with van der Waals surface area (Å²) in [5.41, 5.74) is 2.16. The van der Waals surface area contributed by atoms with Crippen LogP contribution >= 0.6 is 0 Å². The Balaban J connectivity index is 2.32. The van der Waals surface area contributed by atoms with Gasteiger partial charge in [-0.2, -0.15) is 0 Å². The van der Waals surface area contributed by atoms with E-state index in [1.165, 1.54) is 0 Å². The molecule has 1 aromatic rings. The maximum atomic E-state index is 9.35. The summed E-state index contributed by atoms with van der Waals surface area (Å²) < 4.78 is 10.6. The zero-order chi connectivity index (χ0) is 11.5. The van der Waals surface area contributed by atoms with E-state index in [0.29, 0.717) is 0 Å². The minimum absolute atomic E-state index is 0.0421. The quantitative estimate of drug-likeness (QED) is 0.809. The SMILES string of the molecule is CCNC(CO)c1cc2c(cc1C)OCO2. The van der Waals surface area contributed by atoms with Crippen LogP contribution in [0, 0.1) is 6.92 Å². The van der Waals surface area contributed by atoms with Crippen molar-refractivity contribution in [3.8, 4) is 11.5 Å². The lowest BCUT2D eigenvalue weighted by Crippen LogP contribution is -2.24. The summed E-state index contributed by atoms with van der Waals surface area (Å²) in [5.74, 6) is 1.55. The smallest absolute Gasteiger partial charge is 0.231 e. The lowest BCUT2D eigenvalue weighted by Gasteiger charge is -2.18. The van der Waals surface area contributed by atoms with Gasteiger partial charge in [-0.3, -0.25) is 0 Å². The Morgan fingerprint density at radius 3 is 2.69 bits per heavy atom. The fourth-order valence-corrected chi connectivity index (χ4v) is 1.95. The van der Waals surface area contributed by atoms with Gasteiger partial charge in [0.2, 0.25) is 6.79 Å². The normalized spacial score (nSPS) is 15.2. The van der Waals surface area contributed by atoms with E-state index in [1.807, 2.05) is 26.0 Å². The molecule has 1 atom stereocenters. The van der Waals surface area contributed by atoms with Gasteiger partial charge in [-0.15, -0.1) is 0 Å². The third-order valence-electron chi connectivity index (χ3n) is 2.77. The van der Waals surface area contributed by atoms with E-state index in [-0.39, 0.29) is 19.4 Å². The van der Waals surface area contributed by atoms with Gasteiger partial charge in [0, 0.05) is 0 Å². The van der Waals surface area contributed by atoms with Gasteiger partial charge in [-0.25, -0.2) is 0 Å². The molecule has 0 bridgehead atoms. The number of hydrogen-bond acceptors (Lipinski definition) is 4. The summed E-state index contributed by atoms with van der Waals surface area (Å²) in [4.78, 5) is 0. The second-order valence-corrected chi connectivity index (χ2v) is 3.85. The zero-order valence-corrected chi connectivity index (χ0v) is 9.62. The molecule has 4 nitrogen and oxygen atoms in total. The molecule has 1 heterocycles. The number of hydrogen-bond donors (Lipinski definition) is 2. The first-order valence-electron chi connectivity index (χ1n) is 5.50. The molecule has 2 rings (SSSR count). The van der Waals surface area contributed by atoms with Crippen LogP contribution in [0.2, 0.25) is 0 Å². The molecule has 0 spiro atoms. The second kappa shape index (κ2) is 4.72. The molecule has 0 fully saturated rings. The van der Waals surface area contributed by atoms with Crippen molar-refractivity contribution in [2.24, 2.45) is 0 Å². The average Bonchev–Trinajstić information content (AvgIpc) is 2.72. The molecule has 0 saturated heterocycles. The number of rotatable bonds is 4. The molecule has 0 aromatic heterocycles. The van der Waals surface area contributed by atoms with Gasteiger partial charge in [0.15, 0.2) is 11.5 Å². The first-order chi connectivity index (χ1) is 7.76. The third kappa shape index (κ3) is 1.99. The predicted octanol–water partition coefficient (Wildman–Crippen LogP) is 1.37. The van der Waals surface area contributed by atoms with Crippen LogP contribution in [0.15, 0.2) is 12.1 Å². The molecule has 88 valence electrons. The van der Waals surface area contributed by atoms with Gasteiger partial charge in [0.25, 0.3) is 0 Å². The lowest BCUT2D eigenvalue weighted by atomic mass is 10.0. The van der Waals surface area contributed by atoms with E-state index in [0.717, 1.165) is 29.2 Å². The van der Waals surface area contributed by atoms with Crippen molar-refractivity contribution in [1.82, 2.24) is 5.32 Å². The van der Waals surface area contributed by atoms with Crippen molar-refractivity contribution in [2.45, 2.75) is 19.9 Å². The average molecular weight is 223 g/mol. The summed E-state index contributed by atoms with van der Waals surface area (Å²) in [6, 6.07) is 3.86. The molecule has 1 aromatic carbocycles. The standard InChI is InChI=1S/C12H17NO3/c1-3-13-10(6-14)9-5-12-11(4-8(9)2)15-7-16-12/h4-5,10,13-14H,3,6-7H2,1-2H3. The minimum atomic E-state index is -0.0421. The van der Waals surface area contributed by atoms with Crippen LogP contribution in [0.5, 0.6) is 11.5 Å². The van der Waals surface area contributed by atoms with Gasteiger partial charge >= 0.3 is 0 Å². The zero-order valence-electron chi connectivity index (χ0n) is 9.62. The molecule has 1 aliphatic heterocycles. The number of likely N-dealkylation sites (N-methyl/N-ethyl adjacent to an activating group) is 1. The van der Waals surface area contributed by atoms with E-state index in [9.17, 15) is 5.11 Å². The van der Waals surface area contributed by atoms with Crippen molar-refractivity contribution < 1.29 is 14.6 Å². The highest BCUT2D eigenvalue weighted by atomic mass is 16.7. The number of aryl methyl sites for hydroxylation is 1. The summed E-state index contributed by atoms with van der Waals surface area (Å²) in [5, 5.41) is 12.6. The first kappa shape index (κ1) is 11.2. The second-order valence-electron chi connectivity index (χ2n) is 3.85. The van der Waals surface area contributed by atoms with Crippen molar-refractivity contribution in [3.05, 3.63) is 23.3 Å². The molecule has 0 amide bonds. The number of aliphatic hydroxyl groups excluding tert-OH is 1. The number of aliphatic hydroxyl groups is 1. The molecule has 1 aliphatic rings. The maximum Gasteiger partial charge on any atom is 0.231 e. The van der Waals surface area contributed by atoms with Crippen LogP contribution in [0.1, 0.15) is 24.1 Å². The summed E-state index contributed by atoms with van der Waals surface area (Å²) in [6.45, 7) is 5.21. The van der Waals surface area contributed by atoms with Gasteiger partial charge < -0.3 is 19.9 Å². The van der Waals surface area contributed by atoms with Gasteiger partial charge in [-0.1, -0.05) is 6.92 Å². The predicted molar refractivity (Wildman–Crippen MR) is 60.8 cm³/mol. The van der Waals surface area contributed by atoms with Crippen molar-refractivity contribution in [1.29, 1.82) is 0 Å². The van der Waals surface area contributed by atoms with Crippen LogP contribution in [-0.4, -0.2) is 25.1 Å². The first-order valence-corrected chi connectivity index (χ1v) is 5.50. The highest BCUT2D eigenvalue weighted by Crippen LogP contribution is 2.36. The number of nitrogens with one attached hydrogen (secondary N) is 1. The van der Waals surface area contributed by atoms with Crippen LogP contribution in [-0.2, 0) is 0 Å². The van der Waals surface area contributed by atoms with Crippen LogP contribution in [0.4, 0.5) is 0 Å². The number of ether oxygens (including phenoxy) is 2. The van der Waals surface area contributed by atoms with Crippen molar-refractivity contribution in [2.75, 3.05) is 19.9 Å². The van der Waals surface area contributed by atoms with E-state index < -0.39 is 0 Å². The molecule has 16 heavy (non-hydrogen) atoms. The minimum Gasteiger partial charge on any atom is -0.454 e. The molecule has 1 unspecified atom stereocenters. The molecule has 0 aliphatic carbocycles. The Kier molecular flexibility index (Phi) is 3.31. The van der Waals surface area contributed by atoms with Gasteiger partial charge in [0.05, 0.1) is 12.6 Å². The highest BCUT2D eigenvalue weighted by molar-refractivity contribution is 5.49. The highest BCUT2D eigenvalue weighted by Gasteiger charge is 2.19. The molecular formula is C12H17NO3. The maximum absolute atomic E-state index is 9.35. The summed E-state index contributed by atoms with van der Waals surface area (Å²) in [7, 11) is 0. The van der Waals surface area contributed by atoms with E-state index in [4.69, 9.17) is 9.47 Å². The fraction of sp³-hybridized carbons (Fsp3) is 0.500. The van der Waals surface area contributed by atoms with Crippen molar-refractivity contribution >= 4 is 0 Å². The summed E-state index contributed by atoms with van der Waals surface area (Å²) in [6.07, 6.45) is 0. The number of benzene rings is 1. The lowest BCUT2D eigenvalue weighted by molar-refractivity contribution is 0.174. The topological polar surface area (TPSA) is 50.7 Å². The van der Waals surface area contributed by atoms with E-state index >= 15 is 0 Å². The van der Waals surface area contributed by atoms with Crippen LogP contribution < -0.4 is 14.8 Å².